The first-order chi connectivity index (χ1) is 7.69. The van der Waals surface area contributed by atoms with Crippen molar-refractivity contribution in [1.29, 1.82) is 0 Å². The van der Waals surface area contributed by atoms with Crippen LogP contribution in [0.3, 0.4) is 0 Å². The molecule has 0 aliphatic carbocycles. The van der Waals surface area contributed by atoms with Gasteiger partial charge < -0.3 is 14.1 Å². The fourth-order valence-electron chi connectivity index (χ4n) is 1.30. The zero-order valence-corrected chi connectivity index (χ0v) is 9.43. The fourth-order valence-corrected chi connectivity index (χ4v) is 1.30. The molecule has 0 bridgehead atoms. The van der Waals surface area contributed by atoms with Gasteiger partial charge in [-0.15, -0.1) is 0 Å². The molecule has 0 N–H and O–H groups in total. The normalized spacial score (nSPS) is 9.88. The first-order valence-electron chi connectivity index (χ1n) is 5.07. The predicted octanol–water partition coefficient (Wildman–Crippen LogP) is 1.30. The topological polar surface area (TPSA) is 59.8 Å². The van der Waals surface area contributed by atoms with Crippen molar-refractivity contribution in [3.05, 3.63) is 24.2 Å². The molecular weight excluding hydrogens is 210 g/mol. The summed E-state index contributed by atoms with van der Waals surface area (Å²) in [5, 5.41) is 0. The highest BCUT2D eigenvalue weighted by atomic mass is 16.5. The first kappa shape index (κ1) is 12.3. The molecule has 0 radical (unpaired) electrons. The second kappa shape index (κ2) is 5.95. The van der Waals surface area contributed by atoms with Gasteiger partial charge in [-0.2, -0.15) is 0 Å². The second-order valence-electron chi connectivity index (χ2n) is 3.22. The molecule has 0 spiro atoms. The standard InChI is InChI=1S/C11H15NO4/c1-3-12(6-4-10(13)15-2)11(14)9-5-7-16-8-9/h5,7-8H,3-4,6H2,1-2H3. The van der Waals surface area contributed by atoms with Crippen molar-refractivity contribution in [1.82, 2.24) is 4.90 Å². The third kappa shape index (κ3) is 3.12. The highest BCUT2D eigenvalue weighted by Crippen LogP contribution is 2.06. The Morgan fingerprint density at radius 2 is 2.25 bits per heavy atom. The van der Waals surface area contributed by atoms with Gasteiger partial charge in [0.25, 0.3) is 5.91 Å². The van der Waals surface area contributed by atoms with E-state index in [0.29, 0.717) is 18.7 Å². The van der Waals surface area contributed by atoms with E-state index in [4.69, 9.17) is 4.42 Å². The molecule has 88 valence electrons. The lowest BCUT2D eigenvalue weighted by Gasteiger charge is -2.19. The number of hydrogen-bond acceptors (Lipinski definition) is 4. The summed E-state index contributed by atoms with van der Waals surface area (Å²) in [6, 6.07) is 1.60. The molecule has 5 nitrogen and oxygen atoms in total. The van der Waals surface area contributed by atoms with Crippen LogP contribution in [0.2, 0.25) is 0 Å². The van der Waals surface area contributed by atoms with Gasteiger partial charge in [0.15, 0.2) is 0 Å². The maximum absolute atomic E-state index is 11.9. The number of hydrogen-bond donors (Lipinski definition) is 0. The van der Waals surface area contributed by atoms with Crippen LogP contribution in [0, 0.1) is 0 Å². The Bertz CT molecular complexity index is 345. The summed E-state index contributed by atoms with van der Waals surface area (Å²) < 4.78 is 9.36. The largest absolute Gasteiger partial charge is 0.472 e. The minimum atomic E-state index is -0.321. The van der Waals surface area contributed by atoms with E-state index in [2.05, 4.69) is 4.74 Å². The Hall–Kier alpha value is -1.78. The van der Waals surface area contributed by atoms with Gasteiger partial charge in [0.1, 0.15) is 6.26 Å². The van der Waals surface area contributed by atoms with Gasteiger partial charge in [-0.1, -0.05) is 0 Å². The van der Waals surface area contributed by atoms with Crippen molar-refractivity contribution in [3.8, 4) is 0 Å². The van der Waals surface area contributed by atoms with E-state index in [9.17, 15) is 9.59 Å². The maximum Gasteiger partial charge on any atom is 0.307 e. The van der Waals surface area contributed by atoms with Crippen LogP contribution >= 0.6 is 0 Å². The summed E-state index contributed by atoms with van der Waals surface area (Å²) in [5.74, 6) is -0.460. The van der Waals surface area contributed by atoms with Crippen molar-refractivity contribution >= 4 is 11.9 Å². The maximum atomic E-state index is 11.9. The van der Waals surface area contributed by atoms with Gasteiger partial charge in [-0.3, -0.25) is 9.59 Å². The third-order valence-electron chi connectivity index (χ3n) is 2.25. The average molecular weight is 225 g/mol. The summed E-state index contributed by atoms with van der Waals surface area (Å²) in [6.07, 6.45) is 3.04. The lowest BCUT2D eigenvalue weighted by Crippen LogP contribution is -2.32. The molecule has 1 aromatic rings. The zero-order chi connectivity index (χ0) is 12.0. The highest BCUT2D eigenvalue weighted by molar-refractivity contribution is 5.94. The van der Waals surface area contributed by atoms with Crippen LogP contribution in [-0.2, 0) is 9.53 Å². The van der Waals surface area contributed by atoms with Crippen LogP contribution in [0.25, 0.3) is 0 Å². The Balaban J connectivity index is 2.54. The number of carbonyl (C=O) groups is 2. The number of nitrogens with zero attached hydrogens (tertiary/aromatic N) is 1. The third-order valence-corrected chi connectivity index (χ3v) is 2.25. The summed E-state index contributed by atoms with van der Waals surface area (Å²) in [5.41, 5.74) is 0.492. The zero-order valence-electron chi connectivity index (χ0n) is 9.43. The Morgan fingerprint density at radius 1 is 1.50 bits per heavy atom. The summed E-state index contributed by atoms with van der Waals surface area (Å²) in [7, 11) is 1.33. The van der Waals surface area contributed by atoms with E-state index in [0.717, 1.165) is 0 Å². The molecule has 1 aromatic heterocycles. The lowest BCUT2D eigenvalue weighted by molar-refractivity contribution is -0.140. The number of carbonyl (C=O) groups excluding carboxylic acids is 2. The fraction of sp³-hybridized carbons (Fsp3) is 0.455. The van der Waals surface area contributed by atoms with Crippen LogP contribution in [-0.4, -0.2) is 37.0 Å². The molecule has 1 amide bonds. The summed E-state index contributed by atoms with van der Waals surface area (Å²) in [4.78, 5) is 24.4. The second-order valence-corrected chi connectivity index (χ2v) is 3.22. The molecule has 1 heterocycles. The number of ether oxygens (including phenoxy) is 1. The van der Waals surface area contributed by atoms with Crippen LogP contribution in [0.4, 0.5) is 0 Å². The first-order valence-corrected chi connectivity index (χ1v) is 5.07. The highest BCUT2D eigenvalue weighted by Gasteiger charge is 2.16. The van der Waals surface area contributed by atoms with Gasteiger partial charge in [0.05, 0.1) is 25.4 Å². The monoisotopic (exact) mass is 225 g/mol. The number of rotatable bonds is 5. The quantitative estimate of drug-likeness (QED) is 0.709. The molecule has 0 saturated carbocycles. The molecule has 1 rings (SSSR count). The molecule has 5 heteroatoms. The van der Waals surface area contributed by atoms with E-state index in [1.165, 1.54) is 19.6 Å². The summed E-state index contributed by atoms with van der Waals surface area (Å²) in [6.45, 7) is 2.75. The van der Waals surface area contributed by atoms with Gasteiger partial charge in [-0.25, -0.2) is 0 Å². The van der Waals surface area contributed by atoms with Gasteiger partial charge in [0.2, 0.25) is 0 Å². The van der Waals surface area contributed by atoms with Gasteiger partial charge >= 0.3 is 5.97 Å². The molecule has 0 aliphatic rings. The molecule has 0 unspecified atom stereocenters. The molecule has 16 heavy (non-hydrogen) atoms. The predicted molar refractivity (Wildman–Crippen MR) is 56.9 cm³/mol. The minimum absolute atomic E-state index is 0.139. The van der Waals surface area contributed by atoms with E-state index in [1.54, 1.807) is 11.0 Å². The smallest absolute Gasteiger partial charge is 0.307 e. The lowest BCUT2D eigenvalue weighted by atomic mass is 10.2. The molecule has 0 atom stereocenters. The van der Waals surface area contributed by atoms with Crippen LogP contribution in [0.5, 0.6) is 0 Å². The molecule has 0 fully saturated rings. The van der Waals surface area contributed by atoms with Crippen molar-refractivity contribution in [2.45, 2.75) is 13.3 Å². The number of methoxy groups -OCH3 is 1. The Kier molecular flexibility index (Phi) is 4.57. The number of furan rings is 1. The van der Waals surface area contributed by atoms with Gasteiger partial charge in [0, 0.05) is 13.1 Å². The van der Waals surface area contributed by atoms with E-state index >= 15 is 0 Å². The number of amides is 1. The van der Waals surface area contributed by atoms with E-state index in [-0.39, 0.29) is 18.3 Å². The van der Waals surface area contributed by atoms with Crippen molar-refractivity contribution in [2.24, 2.45) is 0 Å². The van der Waals surface area contributed by atoms with Crippen molar-refractivity contribution in [2.75, 3.05) is 20.2 Å². The van der Waals surface area contributed by atoms with Crippen molar-refractivity contribution in [3.63, 3.8) is 0 Å². The van der Waals surface area contributed by atoms with Crippen LogP contribution in [0.1, 0.15) is 23.7 Å². The summed E-state index contributed by atoms with van der Waals surface area (Å²) >= 11 is 0. The molecule has 0 aliphatic heterocycles. The number of esters is 1. The van der Waals surface area contributed by atoms with Gasteiger partial charge in [-0.05, 0) is 13.0 Å². The molecule has 0 saturated heterocycles. The van der Waals surface area contributed by atoms with E-state index in [1.807, 2.05) is 6.92 Å². The average Bonchev–Trinajstić information content (AvgIpc) is 2.82. The van der Waals surface area contributed by atoms with Crippen molar-refractivity contribution < 1.29 is 18.7 Å². The molecular formula is C11H15NO4. The Morgan fingerprint density at radius 3 is 2.75 bits per heavy atom. The van der Waals surface area contributed by atoms with Crippen LogP contribution < -0.4 is 0 Å². The van der Waals surface area contributed by atoms with E-state index < -0.39 is 0 Å². The van der Waals surface area contributed by atoms with Crippen LogP contribution in [0.15, 0.2) is 23.0 Å². The SMILES string of the molecule is CCN(CCC(=O)OC)C(=O)c1ccoc1. The molecule has 0 aromatic carbocycles. The Labute approximate surface area is 94.0 Å². The minimum Gasteiger partial charge on any atom is -0.472 e.